The fraction of sp³-hybridized carbons (Fsp3) is 0. The zero-order valence-corrected chi connectivity index (χ0v) is 42.0. The van der Waals surface area contributed by atoms with Gasteiger partial charge >= 0.3 is 0 Å². The molecular weight excluding hydrogens is 993 g/mol. The Hall–Kier alpha value is -11.8. The van der Waals surface area contributed by atoms with E-state index in [1.54, 1.807) is 73.6 Å². The summed E-state index contributed by atoms with van der Waals surface area (Å²) < 4.78 is 11.0. The van der Waals surface area contributed by atoms with Crippen LogP contribution in [0.25, 0.3) is 68.6 Å². The molecule has 1 N–H and O–H groups in total. The van der Waals surface area contributed by atoms with Crippen molar-refractivity contribution in [2.24, 2.45) is 0 Å². The van der Waals surface area contributed by atoms with Gasteiger partial charge in [0.25, 0.3) is 0 Å². The Morgan fingerprint density at radius 3 is 1.03 bits per heavy atom. The van der Waals surface area contributed by atoms with Crippen LogP contribution in [0.4, 0.5) is 0 Å². The molecule has 0 amide bonds. The van der Waals surface area contributed by atoms with Gasteiger partial charge in [-0.3, -0.25) is 29.9 Å². The quantitative estimate of drug-likeness (QED) is 0.0985. The van der Waals surface area contributed by atoms with E-state index in [-0.39, 0.29) is 0 Å². The number of hydrogen-bond acceptors (Lipinski definition) is 19. The zero-order valence-electron chi connectivity index (χ0n) is 42.0. The highest BCUT2D eigenvalue weighted by Crippen LogP contribution is 2.32. The zero-order chi connectivity index (χ0) is 55.0. The second-order valence-electron chi connectivity index (χ2n) is 15.4. The fourth-order valence-electron chi connectivity index (χ4n) is 6.47. The van der Waals surface area contributed by atoms with E-state index in [4.69, 9.17) is 25.4 Å². The van der Waals surface area contributed by atoms with Crippen molar-refractivity contribution in [3.05, 3.63) is 268 Å². The second-order valence-corrected chi connectivity index (χ2v) is 15.4. The Labute approximate surface area is 454 Å². The van der Waals surface area contributed by atoms with Gasteiger partial charge in [0.05, 0.1) is 29.0 Å². The largest absolute Gasteiger partial charge is 0.508 e. The normalized spacial score (nSPS) is 9.70. The van der Waals surface area contributed by atoms with Crippen molar-refractivity contribution in [1.29, 1.82) is 10.8 Å². The minimum absolute atomic E-state index is 0.322. The minimum Gasteiger partial charge on any atom is -0.508 e. The molecule has 0 radical (unpaired) electrons. The van der Waals surface area contributed by atoms with Gasteiger partial charge in [0.2, 0.25) is 11.6 Å². The van der Waals surface area contributed by atoms with Crippen molar-refractivity contribution in [1.82, 2.24) is 70.7 Å². The molecule has 0 aliphatic carbocycles. The number of benzene rings is 3. The van der Waals surface area contributed by atoms with Gasteiger partial charge in [0, 0.05) is 54.0 Å². The number of hydrogen-bond donors (Lipinski definition) is 1. The molecule has 3 aromatic carbocycles. The lowest BCUT2D eigenvalue weighted by Crippen LogP contribution is -2.00. The van der Waals surface area contributed by atoms with E-state index < -0.39 is 0 Å². The molecule has 9 heterocycles. The Balaban J connectivity index is 0.000000150. The smallest absolute Gasteiger partial charge is 0.221 e. The minimum atomic E-state index is 0.322. The molecule has 19 heteroatoms. The molecule has 0 saturated carbocycles. The number of aromatic nitrogens is 14. The van der Waals surface area contributed by atoms with E-state index in [1.165, 1.54) is 6.26 Å². The first-order chi connectivity index (χ1) is 39.1. The summed E-state index contributed by atoms with van der Waals surface area (Å²) in [5.41, 5.74) is 7.11. The molecule has 0 spiro atoms. The number of nitrogens with zero attached hydrogens (tertiary/aromatic N) is 16. The van der Waals surface area contributed by atoms with Gasteiger partial charge in [-0.2, -0.15) is 0 Å². The van der Waals surface area contributed by atoms with Gasteiger partial charge in [0.1, 0.15) is 45.7 Å². The summed E-state index contributed by atoms with van der Waals surface area (Å²) in [4.78, 5) is 25.4. The van der Waals surface area contributed by atoms with E-state index in [9.17, 15) is 0 Å². The highest BCUT2D eigenvalue weighted by Gasteiger charge is 2.15. The molecule has 0 fully saturated rings. The highest BCUT2D eigenvalue weighted by molar-refractivity contribution is 5.67. The molecule has 0 aliphatic rings. The lowest BCUT2D eigenvalue weighted by molar-refractivity contribution is 0.475. The van der Waals surface area contributed by atoms with Gasteiger partial charge in [0.15, 0.2) is 11.4 Å². The third-order valence-corrected chi connectivity index (χ3v) is 10.1. The van der Waals surface area contributed by atoms with E-state index in [0.29, 0.717) is 51.6 Å². The molecule has 0 unspecified atom stereocenters. The average molecular weight is 1040 g/mol. The molecule has 0 aliphatic heterocycles. The Bertz CT molecular complexity index is 3380. The van der Waals surface area contributed by atoms with Gasteiger partial charge in [-0.25, -0.2) is 0 Å². The molecule has 0 bridgehead atoms. The maximum absolute atomic E-state index is 8.63. The van der Waals surface area contributed by atoms with Crippen LogP contribution in [0.2, 0.25) is 0 Å². The van der Waals surface area contributed by atoms with Crippen molar-refractivity contribution in [2.75, 3.05) is 0 Å². The lowest BCUT2D eigenvalue weighted by Gasteiger charge is -2.11. The summed E-state index contributed by atoms with van der Waals surface area (Å²) in [5.74, 6) is 3.25. The van der Waals surface area contributed by atoms with Crippen LogP contribution in [0.1, 0.15) is 0 Å². The Morgan fingerprint density at radius 2 is 0.671 bits per heavy atom. The monoisotopic (exact) mass is 1040 g/mol. The maximum Gasteiger partial charge on any atom is 0.221 e. The summed E-state index contributed by atoms with van der Waals surface area (Å²) >= 11 is 0. The fourth-order valence-corrected chi connectivity index (χ4v) is 6.47. The van der Waals surface area contributed by atoms with Crippen molar-refractivity contribution in [3.63, 3.8) is 0 Å². The number of para-hydroxylation sites is 3. The van der Waals surface area contributed by atoms with E-state index in [1.807, 2.05) is 182 Å². The van der Waals surface area contributed by atoms with Gasteiger partial charge in [-0.1, -0.05) is 97.6 Å². The van der Waals surface area contributed by atoms with Crippen LogP contribution < -0.4 is 9.47 Å². The molecule has 79 heavy (non-hydrogen) atoms. The number of phenolic OH excluding ortho intramolecular Hbond substituents is 1. The first-order valence-corrected chi connectivity index (χ1v) is 23.9. The van der Waals surface area contributed by atoms with Crippen LogP contribution in [0.15, 0.2) is 268 Å². The molecule has 12 aromatic rings. The summed E-state index contributed by atoms with van der Waals surface area (Å²) in [7, 11) is 0. The average Bonchev–Trinajstić information content (AvgIpc) is 3.55. The van der Waals surface area contributed by atoms with Crippen molar-refractivity contribution in [2.45, 2.75) is 0 Å². The number of aromatic hydroxyl groups is 1. The van der Waals surface area contributed by atoms with Crippen LogP contribution in [0.5, 0.6) is 23.0 Å². The SMILES string of the molecule is C=COc1ccccc1.N#N.Oc1ccccc1.c1ccc(-c2ccc(-c3ccccn3)nn2)nc1.c1ccc(-c2nnc(-c3ccccn3)nn2)nc1.c1ccc(Oc2cc(-c3ccccn3)nnc2-c2ccccn2)cc1. The summed E-state index contributed by atoms with van der Waals surface area (Å²) in [6.07, 6.45) is 11.7. The number of pyridine rings is 6. The first kappa shape index (κ1) is 55.0. The van der Waals surface area contributed by atoms with Crippen LogP contribution in [-0.4, -0.2) is 75.8 Å². The second kappa shape index (κ2) is 31.1. The van der Waals surface area contributed by atoms with Gasteiger partial charge in [-0.05, 0) is 121 Å². The molecule has 384 valence electrons. The maximum atomic E-state index is 8.63. The number of phenols is 1. The molecule has 0 atom stereocenters. The predicted octanol–water partition coefficient (Wildman–Crippen LogP) is 12.0. The van der Waals surface area contributed by atoms with Gasteiger partial charge < -0.3 is 14.6 Å². The van der Waals surface area contributed by atoms with Crippen molar-refractivity contribution < 1.29 is 14.6 Å². The molecule has 0 saturated heterocycles. The van der Waals surface area contributed by atoms with Crippen LogP contribution >= 0.6 is 0 Å². The van der Waals surface area contributed by atoms with E-state index in [0.717, 1.165) is 40.0 Å². The molecule has 9 aromatic heterocycles. The molecule has 12 rings (SSSR count). The van der Waals surface area contributed by atoms with Crippen LogP contribution in [-0.2, 0) is 0 Å². The molecular formula is C60H46N16O3. The lowest BCUT2D eigenvalue weighted by atomic mass is 10.2. The number of ether oxygens (including phenoxy) is 2. The van der Waals surface area contributed by atoms with Crippen molar-refractivity contribution in [3.8, 4) is 91.6 Å². The van der Waals surface area contributed by atoms with Crippen LogP contribution in [0.3, 0.4) is 0 Å². The number of rotatable bonds is 10. The van der Waals surface area contributed by atoms with E-state index >= 15 is 0 Å². The summed E-state index contributed by atoms with van der Waals surface area (Å²) in [6, 6.07) is 67.1. The highest BCUT2D eigenvalue weighted by atomic mass is 16.5. The third-order valence-electron chi connectivity index (χ3n) is 10.1. The first-order valence-electron chi connectivity index (χ1n) is 23.9. The topological polar surface area (TPSA) is 267 Å². The van der Waals surface area contributed by atoms with Crippen LogP contribution in [0, 0.1) is 10.8 Å². The third kappa shape index (κ3) is 17.7. The standard InChI is InChI=1S/C20H14N4O.C14H10N4.C12H8N6.C8H8O.C6H6O.N2/c1-2-8-15(9-3-1)25-19-14-18(16-10-4-6-12-21-16)23-24-20(19)17-11-5-7-13-22-17;1-3-9-15-11(5-1)13-7-8-14(18-17-13)12-6-2-4-10-16-12;1-3-7-13-9(5-1)11-15-17-12(18-16-11)10-6-2-4-8-14-10;1-2-9-8-6-4-3-5-7-8;7-6-4-2-1-3-5-6;1-2/h1-14H;1-10H;1-8H;2-7H,1H2;1-5,7H;. The Kier molecular flexibility index (Phi) is 21.6. The van der Waals surface area contributed by atoms with Gasteiger partial charge in [-0.15, -0.1) is 40.8 Å². The van der Waals surface area contributed by atoms with E-state index in [2.05, 4.69) is 77.3 Å². The summed E-state index contributed by atoms with van der Waals surface area (Å²) in [5, 5.41) is 53.6. The predicted molar refractivity (Wildman–Crippen MR) is 296 cm³/mol. The summed E-state index contributed by atoms with van der Waals surface area (Å²) in [6.45, 7) is 3.43. The van der Waals surface area contributed by atoms with Crippen molar-refractivity contribution >= 4 is 0 Å². The molecule has 19 nitrogen and oxygen atoms in total. The Morgan fingerprint density at radius 1 is 0.329 bits per heavy atom.